The summed E-state index contributed by atoms with van der Waals surface area (Å²) in [6.07, 6.45) is 1.69. The van der Waals surface area contributed by atoms with E-state index < -0.39 is 6.09 Å². The molecule has 1 aromatic rings. The summed E-state index contributed by atoms with van der Waals surface area (Å²) in [5, 5.41) is 12.6. The molecule has 2 rings (SSSR count). The quantitative estimate of drug-likeness (QED) is 0.877. The number of carbonyl (C=O) groups is 1. The van der Waals surface area contributed by atoms with E-state index in [1.54, 1.807) is 0 Å². The number of carbonyl (C=O) groups excluding carboxylic acids is 1. The third-order valence-electron chi connectivity index (χ3n) is 3.72. The smallest absolute Gasteiger partial charge is 0.407 e. The second kappa shape index (κ2) is 6.57. The van der Waals surface area contributed by atoms with Crippen molar-refractivity contribution in [3.63, 3.8) is 0 Å². The highest BCUT2D eigenvalue weighted by Crippen LogP contribution is 2.28. The van der Waals surface area contributed by atoms with E-state index in [-0.39, 0.29) is 18.8 Å². The number of nitrogens with one attached hydrogen (secondary N) is 1. The Morgan fingerprint density at radius 2 is 2.11 bits per heavy atom. The lowest BCUT2D eigenvalue weighted by Gasteiger charge is -2.12. The van der Waals surface area contributed by atoms with Crippen LogP contribution in [0.3, 0.4) is 0 Å². The molecule has 0 aliphatic heterocycles. The Morgan fingerprint density at radius 1 is 1.37 bits per heavy atom. The fourth-order valence-corrected chi connectivity index (χ4v) is 2.59. The summed E-state index contributed by atoms with van der Waals surface area (Å²) in [6, 6.07) is 9.61. The third kappa shape index (κ3) is 3.96. The first-order valence-electron chi connectivity index (χ1n) is 6.84. The van der Waals surface area contributed by atoms with Crippen LogP contribution < -0.4 is 5.32 Å². The molecule has 0 aromatic heterocycles. The van der Waals surface area contributed by atoms with E-state index in [0.29, 0.717) is 12.3 Å². The van der Waals surface area contributed by atoms with Gasteiger partial charge in [0.2, 0.25) is 0 Å². The molecule has 0 spiro atoms. The van der Waals surface area contributed by atoms with Crippen molar-refractivity contribution in [1.82, 2.24) is 5.32 Å². The zero-order valence-corrected chi connectivity index (χ0v) is 11.2. The summed E-state index contributed by atoms with van der Waals surface area (Å²) in [7, 11) is 0. The number of amides is 1. The molecule has 0 saturated heterocycles. The van der Waals surface area contributed by atoms with E-state index in [1.807, 2.05) is 30.3 Å². The van der Waals surface area contributed by atoms with E-state index in [4.69, 9.17) is 4.74 Å². The molecule has 0 unspecified atom stereocenters. The highest BCUT2D eigenvalue weighted by atomic mass is 16.5. The van der Waals surface area contributed by atoms with Crippen molar-refractivity contribution in [1.29, 1.82) is 0 Å². The Balaban J connectivity index is 1.73. The van der Waals surface area contributed by atoms with Crippen LogP contribution in [0, 0.1) is 5.92 Å². The molecule has 1 aliphatic rings. The van der Waals surface area contributed by atoms with Gasteiger partial charge in [-0.05, 0) is 24.3 Å². The highest BCUT2D eigenvalue weighted by molar-refractivity contribution is 5.67. The van der Waals surface area contributed by atoms with Gasteiger partial charge in [-0.15, -0.1) is 0 Å². The molecule has 1 aromatic carbocycles. The minimum atomic E-state index is -0.405. The van der Waals surface area contributed by atoms with Gasteiger partial charge in [-0.2, -0.15) is 0 Å². The number of hydrogen-bond acceptors (Lipinski definition) is 3. The number of hydrogen-bond donors (Lipinski definition) is 2. The highest BCUT2D eigenvalue weighted by Gasteiger charge is 2.32. The lowest BCUT2D eigenvalue weighted by molar-refractivity contribution is 0.126. The van der Waals surface area contributed by atoms with Crippen molar-refractivity contribution in [2.45, 2.75) is 44.9 Å². The fourth-order valence-electron chi connectivity index (χ4n) is 2.59. The van der Waals surface area contributed by atoms with Gasteiger partial charge < -0.3 is 15.2 Å². The second-order valence-corrected chi connectivity index (χ2v) is 5.11. The van der Waals surface area contributed by atoms with Gasteiger partial charge >= 0.3 is 6.09 Å². The Kier molecular flexibility index (Phi) is 4.80. The summed E-state index contributed by atoms with van der Waals surface area (Å²) in [4.78, 5) is 11.7. The standard InChI is InChI=1S/C15H21NO3/c1-2-12-8-13(9-14(12)17)16-15(18)19-10-11-6-4-3-5-7-11/h3-7,12-14,17H,2,8-10H2,1H3,(H,16,18)/t12-,13+,14-/m0/s1. The van der Waals surface area contributed by atoms with Crippen molar-refractivity contribution < 1.29 is 14.6 Å². The molecule has 19 heavy (non-hydrogen) atoms. The average Bonchev–Trinajstić information content (AvgIpc) is 2.77. The van der Waals surface area contributed by atoms with Crippen LogP contribution in [-0.2, 0) is 11.3 Å². The first-order chi connectivity index (χ1) is 9.19. The summed E-state index contributed by atoms with van der Waals surface area (Å²) in [6.45, 7) is 2.34. The van der Waals surface area contributed by atoms with Gasteiger partial charge in [0.1, 0.15) is 6.61 Å². The summed E-state index contributed by atoms with van der Waals surface area (Å²) < 4.78 is 5.16. The number of benzene rings is 1. The van der Waals surface area contributed by atoms with E-state index >= 15 is 0 Å². The molecule has 1 saturated carbocycles. The van der Waals surface area contributed by atoms with Crippen LogP contribution in [0.15, 0.2) is 30.3 Å². The molecule has 0 radical (unpaired) electrons. The molecule has 104 valence electrons. The van der Waals surface area contributed by atoms with E-state index in [9.17, 15) is 9.90 Å². The molecule has 3 atom stereocenters. The monoisotopic (exact) mass is 263 g/mol. The van der Waals surface area contributed by atoms with Crippen LogP contribution in [0.5, 0.6) is 0 Å². The Hall–Kier alpha value is -1.55. The van der Waals surface area contributed by atoms with Crippen molar-refractivity contribution in [2.24, 2.45) is 5.92 Å². The largest absolute Gasteiger partial charge is 0.445 e. The Morgan fingerprint density at radius 3 is 2.74 bits per heavy atom. The van der Waals surface area contributed by atoms with Crippen LogP contribution in [0.4, 0.5) is 4.79 Å². The van der Waals surface area contributed by atoms with Gasteiger partial charge in [-0.25, -0.2) is 4.79 Å². The number of ether oxygens (including phenoxy) is 1. The molecule has 1 aliphatic carbocycles. The summed E-state index contributed by atoms with van der Waals surface area (Å²) >= 11 is 0. The summed E-state index contributed by atoms with van der Waals surface area (Å²) in [5.41, 5.74) is 0.968. The molecule has 4 heteroatoms. The molecular formula is C15H21NO3. The molecule has 0 bridgehead atoms. The number of alkyl carbamates (subject to hydrolysis) is 1. The van der Waals surface area contributed by atoms with Crippen molar-refractivity contribution in [3.05, 3.63) is 35.9 Å². The van der Waals surface area contributed by atoms with Gasteiger partial charge in [0.05, 0.1) is 6.10 Å². The lowest BCUT2D eigenvalue weighted by atomic mass is 10.0. The normalized spacial score (nSPS) is 26.1. The number of aliphatic hydroxyl groups excluding tert-OH is 1. The lowest BCUT2D eigenvalue weighted by Crippen LogP contribution is -2.33. The van der Waals surface area contributed by atoms with E-state index in [2.05, 4.69) is 12.2 Å². The molecule has 4 nitrogen and oxygen atoms in total. The minimum absolute atomic E-state index is 0.0308. The molecular weight excluding hydrogens is 242 g/mol. The Bertz CT molecular complexity index is 407. The van der Waals surface area contributed by atoms with Crippen LogP contribution in [0.2, 0.25) is 0 Å². The molecule has 0 heterocycles. The van der Waals surface area contributed by atoms with Crippen molar-refractivity contribution in [2.75, 3.05) is 0 Å². The molecule has 1 fully saturated rings. The number of aliphatic hydroxyl groups is 1. The van der Waals surface area contributed by atoms with Crippen LogP contribution in [0.25, 0.3) is 0 Å². The summed E-state index contributed by atoms with van der Waals surface area (Å²) in [5.74, 6) is 0.291. The van der Waals surface area contributed by atoms with Crippen molar-refractivity contribution >= 4 is 6.09 Å². The fraction of sp³-hybridized carbons (Fsp3) is 0.533. The maximum Gasteiger partial charge on any atom is 0.407 e. The maximum atomic E-state index is 11.7. The predicted octanol–water partition coefficient (Wildman–Crippen LogP) is 2.46. The van der Waals surface area contributed by atoms with E-state index in [1.165, 1.54) is 0 Å². The van der Waals surface area contributed by atoms with Crippen LogP contribution in [-0.4, -0.2) is 23.3 Å². The van der Waals surface area contributed by atoms with Crippen LogP contribution in [0.1, 0.15) is 31.7 Å². The average molecular weight is 263 g/mol. The van der Waals surface area contributed by atoms with Gasteiger partial charge in [0.15, 0.2) is 0 Å². The van der Waals surface area contributed by atoms with Gasteiger partial charge in [-0.3, -0.25) is 0 Å². The van der Waals surface area contributed by atoms with Gasteiger partial charge in [-0.1, -0.05) is 43.7 Å². The topological polar surface area (TPSA) is 58.6 Å². The molecule has 1 amide bonds. The second-order valence-electron chi connectivity index (χ2n) is 5.11. The zero-order valence-electron chi connectivity index (χ0n) is 11.2. The Labute approximate surface area is 113 Å². The van der Waals surface area contributed by atoms with Gasteiger partial charge in [0.25, 0.3) is 0 Å². The molecule has 2 N–H and O–H groups in total. The number of rotatable bonds is 4. The maximum absolute atomic E-state index is 11.7. The first kappa shape index (κ1) is 13.9. The van der Waals surface area contributed by atoms with E-state index in [0.717, 1.165) is 18.4 Å². The predicted molar refractivity (Wildman–Crippen MR) is 72.6 cm³/mol. The van der Waals surface area contributed by atoms with Crippen LogP contribution >= 0.6 is 0 Å². The van der Waals surface area contributed by atoms with Crippen molar-refractivity contribution in [3.8, 4) is 0 Å². The first-order valence-corrected chi connectivity index (χ1v) is 6.84. The zero-order chi connectivity index (χ0) is 13.7. The minimum Gasteiger partial charge on any atom is -0.445 e. The third-order valence-corrected chi connectivity index (χ3v) is 3.72. The van der Waals surface area contributed by atoms with Gasteiger partial charge in [0, 0.05) is 6.04 Å². The SMILES string of the molecule is CC[C@H]1C[C@@H](NC(=O)OCc2ccccc2)C[C@@H]1O.